The van der Waals surface area contributed by atoms with E-state index in [0.717, 1.165) is 39.1 Å². The first-order valence-electron chi connectivity index (χ1n) is 9.92. The fraction of sp³-hybridized carbons (Fsp3) is 0.103. The molecule has 0 aromatic heterocycles. The summed E-state index contributed by atoms with van der Waals surface area (Å²) in [4.78, 5) is 0. The molecule has 0 amide bonds. The maximum Gasteiger partial charge on any atom is 0.127 e. The van der Waals surface area contributed by atoms with Crippen LogP contribution in [0.15, 0.2) is 78.9 Å². The molecule has 4 aromatic carbocycles. The van der Waals surface area contributed by atoms with Gasteiger partial charge in [-0.3, -0.25) is 0 Å². The second kappa shape index (κ2) is 8.60. The summed E-state index contributed by atoms with van der Waals surface area (Å²) < 4.78 is 5.76. The molecule has 0 saturated carbocycles. The van der Waals surface area contributed by atoms with E-state index in [9.17, 15) is 0 Å². The van der Waals surface area contributed by atoms with Crippen LogP contribution in [0.1, 0.15) is 25.0 Å². The lowest BCUT2D eigenvalue weighted by molar-refractivity contribution is 0.416. The summed E-state index contributed by atoms with van der Waals surface area (Å²) in [5.74, 6) is 13.5. The van der Waals surface area contributed by atoms with Crippen LogP contribution >= 0.6 is 0 Å². The van der Waals surface area contributed by atoms with E-state index in [-0.39, 0.29) is 0 Å². The fourth-order valence-corrected chi connectivity index (χ4v) is 3.95. The van der Waals surface area contributed by atoms with E-state index in [1.807, 2.05) is 32.0 Å². The van der Waals surface area contributed by atoms with Crippen molar-refractivity contribution in [1.29, 1.82) is 0 Å². The molecule has 1 nitrogen and oxygen atoms in total. The average molecular weight is 386 g/mol. The lowest BCUT2D eigenvalue weighted by Crippen LogP contribution is -1.96. The molecular weight excluding hydrogens is 364 g/mol. The van der Waals surface area contributed by atoms with Gasteiger partial charge in [0.05, 0.1) is 7.11 Å². The van der Waals surface area contributed by atoms with Gasteiger partial charge in [-0.25, -0.2) is 0 Å². The Labute approximate surface area is 178 Å². The molecule has 0 N–H and O–H groups in total. The second-order valence-electron chi connectivity index (χ2n) is 6.89. The molecule has 0 atom stereocenters. The van der Waals surface area contributed by atoms with E-state index in [0.29, 0.717) is 0 Å². The van der Waals surface area contributed by atoms with Crippen molar-refractivity contribution in [2.24, 2.45) is 0 Å². The molecule has 4 aromatic rings. The van der Waals surface area contributed by atoms with Crippen LogP contribution in [0.3, 0.4) is 0 Å². The predicted molar refractivity (Wildman–Crippen MR) is 126 cm³/mol. The van der Waals surface area contributed by atoms with E-state index in [1.54, 1.807) is 7.11 Å². The molecular formula is C29H22O. The highest BCUT2D eigenvalue weighted by molar-refractivity contribution is 6.03. The average Bonchev–Trinajstić information content (AvgIpc) is 2.79. The first-order chi connectivity index (χ1) is 14.8. The van der Waals surface area contributed by atoms with Gasteiger partial charge >= 0.3 is 0 Å². The molecule has 0 fully saturated rings. The lowest BCUT2D eigenvalue weighted by atomic mass is 9.86. The van der Waals surface area contributed by atoms with E-state index in [1.165, 1.54) is 10.8 Å². The van der Waals surface area contributed by atoms with Gasteiger partial charge < -0.3 is 4.74 Å². The molecule has 0 radical (unpaired) electrons. The molecule has 0 spiro atoms. The van der Waals surface area contributed by atoms with Crippen LogP contribution in [0.2, 0.25) is 0 Å². The van der Waals surface area contributed by atoms with Gasteiger partial charge in [-0.2, -0.15) is 0 Å². The maximum absolute atomic E-state index is 5.76. The molecule has 0 aliphatic heterocycles. The van der Waals surface area contributed by atoms with Crippen LogP contribution in [-0.2, 0) is 0 Å². The quantitative estimate of drug-likeness (QED) is 0.347. The molecule has 0 saturated heterocycles. The minimum atomic E-state index is 0.804. The van der Waals surface area contributed by atoms with Crippen LogP contribution in [-0.4, -0.2) is 7.11 Å². The third kappa shape index (κ3) is 3.43. The second-order valence-corrected chi connectivity index (χ2v) is 6.89. The van der Waals surface area contributed by atoms with Crippen molar-refractivity contribution >= 4 is 10.8 Å². The molecule has 0 aliphatic carbocycles. The topological polar surface area (TPSA) is 9.23 Å². The highest BCUT2D eigenvalue weighted by Gasteiger charge is 2.19. The van der Waals surface area contributed by atoms with E-state index in [2.05, 4.69) is 84.3 Å². The minimum Gasteiger partial charge on any atom is -0.496 e. The Balaban J connectivity index is 2.16. The molecule has 0 bridgehead atoms. The molecule has 1 heteroatoms. The highest BCUT2D eigenvalue weighted by atomic mass is 16.5. The standard InChI is InChI=1S/C29H22O/c1-4-11-22-15-9-19-26(29-23(12-5-2)16-10-20-27(29)30-3)28(22)25-18-8-14-21-13-6-7-17-24(21)25/h6-10,13-20H,1-3H3. The zero-order valence-corrected chi connectivity index (χ0v) is 17.4. The normalized spacial score (nSPS) is 9.97. The van der Waals surface area contributed by atoms with Crippen molar-refractivity contribution in [3.8, 4) is 51.7 Å². The van der Waals surface area contributed by atoms with E-state index >= 15 is 0 Å². The summed E-state index contributed by atoms with van der Waals surface area (Å²) in [6.45, 7) is 3.73. The van der Waals surface area contributed by atoms with Crippen LogP contribution in [0.4, 0.5) is 0 Å². The Morgan fingerprint density at radius 3 is 1.93 bits per heavy atom. The number of benzene rings is 4. The minimum absolute atomic E-state index is 0.804. The molecule has 0 aliphatic rings. The van der Waals surface area contributed by atoms with Gasteiger partial charge in [0.2, 0.25) is 0 Å². The Morgan fingerprint density at radius 2 is 1.20 bits per heavy atom. The smallest absolute Gasteiger partial charge is 0.127 e. The van der Waals surface area contributed by atoms with E-state index in [4.69, 9.17) is 4.74 Å². The van der Waals surface area contributed by atoms with Gasteiger partial charge in [0.25, 0.3) is 0 Å². The van der Waals surface area contributed by atoms with Gasteiger partial charge in [-0.05, 0) is 53.9 Å². The summed E-state index contributed by atoms with van der Waals surface area (Å²) in [5.41, 5.74) is 6.27. The zero-order valence-electron chi connectivity index (χ0n) is 17.4. The lowest BCUT2D eigenvalue weighted by Gasteiger charge is -2.18. The SMILES string of the molecule is CC#Cc1cccc(OC)c1-c1cccc(C#CC)c1-c1cccc2ccccc12. The van der Waals surface area contributed by atoms with Gasteiger partial charge in [0.1, 0.15) is 5.75 Å². The van der Waals surface area contributed by atoms with Crippen LogP contribution in [0, 0.1) is 23.7 Å². The Kier molecular flexibility index (Phi) is 5.56. The van der Waals surface area contributed by atoms with Gasteiger partial charge in [0, 0.05) is 22.3 Å². The number of fused-ring (bicyclic) bond motifs is 1. The Morgan fingerprint density at radius 1 is 0.600 bits per heavy atom. The number of hydrogen-bond acceptors (Lipinski definition) is 1. The summed E-state index contributed by atoms with van der Waals surface area (Å²) in [7, 11) is 1.70. The van der Waals surface area contributed by atoms with Crippen LogP contribution < -0.4 is 4.74 Å². The van der Waals surface area contributed by atoms with Gasteiger partial charge in [0.15, 0.2) is 0 Å². The van der Waals surface area contributed by atoms with Crippen LogP contribution in [0.25, 0.3) is 33.0 Å². The summed E-state index contributed by atoms with van der Waals surface area (Å²) in [6.07, 6.45) is 0. The first-order valence-corrected chi connectivity index (χ1v) is 9.92. The largest absolute Gasteiger partial charge is 0.496 e. The Bertz CT molecular complexity index is 1350. The van der Waals surface area contributed by atoms with Gasteiger partial charge in [-0.1, -0.05) is 72.5 Å². The fourth-order valence-electron chi connectivity index (χ4n) is 3.95. The number of ether oxygens (including phenoxy) is 1. The van der Waals surface area contributed by atoms with Crippen LogP contribution in [0.5, 0.6) is 5.75 Å². The number of methoxy groups -OCH3 is 1. The maximum atomic E-state index is 5.76. The molecule has 0 unspecified atom stereocenters. The van der Waals surface area contributed by atoms with Crippen molar-refractivity contribution in [3.63, 3.8) is 0 Å². The summed E-state index contributed by atoms with van der Waals surface area (Å²) >= 11 is 0. The molecule has 0 heterocycles. The predicted octanol–water partition coefficient (Wildman–Crippen LogP) is 6.93. The van der Waals surface area contributed by atoms with Crippen molar-refractivity contribution in [2.75, 3.05) is 7.11 Å². The van der Waals surface area contributed by atoms with E-state index < -0.39 is 0 Å². The summed E-state index contributed by atoms with van der Waals surface area (Å²) in [5, 5.41) is 2.40. The first kappa shape index (κ1) is 19.4. The van der Waals surface area contributed by atoms with Crippen molar-refractivity contribution in [3.05, 3.63) is 90.0 Å². The third-order valence-corrected chi connectivity index (χ3v) is 5.16. The highest BCUT2D eigenvalue weighted by Crippen LogP contribution is 2.42. The number of rotatable bonds is 3. The molecule has 30 heavy (non-hydrogen) atoms. The third-order valence-electron chi connectivity index (χ3n) is 5.16. The molecule has 4 rings (SSSR count). The number of hydrogen-bond donors (Lipinski definition) is 0. The molecule has 144 valence electrons. The van der Waals surface area contributed by atoms with Crippen molar-refractivity contribution < 1.29 is 4.74 Å². The monoisotopic (exact) mass is 386 g/mol. The van der Waals surface area contributed by atoms with Crippen molar-refractivity contribution in [1.82, 2.24) is 0 Å². The Hall–Kier alpha value is -3.94. The summed E-state index contributed by atoms with van der Waals surface area (Å²) in [6, 6.07) is 27.2. The van der Waals surface area contributed by atoms with Gasteiger partial charge in [-0.15, -0.1) is 11.8 Å². The zero-order chi connectivity index (χ0) is 20.9. The van der Waals surface area contributed by atoms with Crippen molar-refractivity contribution in [2.45, 2.75) is 13.8 Å².